The predicted molar refractivity (Wildman–Crippen MR) is 56.8 cm³/mol. The molecule has 0 N–H and O–H groups in total. The minimum absolute atomic E-state index is 0.399. The number of hydrogen-bond acceptors (Lipinski definition) is 1. The largest absolute Gasteiger partial charge is 0.377 e. The van der Waals surface area contributed by atoms with Crippen molar-refractivity contribution >= 4 is 0 Å². The van der Waals surface area contributed by atoms with Crippen molar-refractivity contribution in [2.45, 2.75) is 19.4 Å². The lowest BCUT2D eigenvalue weighted by Crippen LogP contribution is -1.94. The molecule has 0 heterocycles. The fourth-order valence-electron chi connectivity index (χ4n) is 1.42. The van der Waals surface area contributed by atoms with Crippen LogP contribution in [0.4, 0.5) is 0 Å². The average molecular weight is 186 g/mol. The van der Waals surface area contributed by atoms with Gasteiger partial charge >= 0.3 is 0 Å². The third-order valence-electron chi connectivity index (χ3n) is 2.29. The van der Waals surface area contributed by atoms with Crippen molar-refractivity contribution in [2.24, 2.45) is 5.92 Å². The number of rotatable bonds is 2. The van der Waals surface area contributed by atoms with Gasteiger partial charge in [-0.15, -0.1) is 0 Å². The van der Waals surface area contributed by atoms with Crippen LogP contribution in [-0.2, 0) is 4.74 Å². The fourth-order valence-corrected chi connectivity index (χ4v) is 1.42. The van der Waals surface area contributed by atoms with Crippen molar-refractivity contribution in [3.05, 3.63) is 35.9 Å². The standard InChI is InChI=1S/C13H14O/c1-2-14-13-10-12(13)9-8-11-6-4-3-5-7-11/h3-7,12-13H,2,10H2,1H3/t12-,13-/m1/s1. The molecule has 1 aromatic carbocycles. The number of benzene rings is 1. The van der Waals surface area contributed by atoms with Gasteiger partial charge in [0.05, 0.1) is 6.10 Å². The third kappa shape index (κ3) is 2.37. The monoisotopic (exact) mass is 186 g/mol. The zero-order chi connectivity index (χ0) is 9.80. The normalized spacial score (nSPS) is 23.8. The first-order valence-electron chi connectivity index (χ1n) is 5.08. The lowest BCUT2D eigenvalue weighted by atomic mass is 10.2. The van der Waals surface area contributed by atoms with Crippen LogP contribution in [0, 0.1) is 17.8 Å². The summed E-state index contributed by atoms with van der Waals surface area (Å²) in [7, 11) is 0. The Morgan fingerprint density at radius 3 is 2.86 bits per heavy atom. The van der Waals surface area contributed by atoms with Gasteiger partial charge < -0.3 is 4.74 Å². The van der Waals surface area contributed by atoms with Gasteiger partial charge in [0.15, 0.2) is 0 Å². The van der Waals surface area contributed by atoms with Crippen LogP contribution in [0.2, 0.25) is 0 Å². The molecule has 0 aliphatic heterocycles. The van der Waals surface area contributed by atoms with E-state index in [1.807, 2.05) is 37.3 Å². The molecule has 1 aromatic rings. The summed E-state index contributed by atoms with van der Waals surface area (Å²) in [6.45, 7) is 2.83. The topological polar surface area (TPSA) is 9.23 Å². The minimum Gasteiger partial charge on any atom is -0.377 e. The van der Waals surface area contributed by atoms with Gasteiger partial charge in [-0.25, -0.2) is 0 Å². The van der Waals surface area contributed by atoms with E-state index < -0.39 is 0 Å². The first-order chi connectivity index (χ1) is 6.90. The van der Waals surface area contributed by atoms with Crippen molar-refractivity contribution in [1.82, 2.24) is 0 Å². The highest BCUT2D eigenvalue weighted by Crippen LogP contribution is 2.32. The van der Waals surface area contributed by atoms with Crippen LogP contribution in [-0.4, -0.2) is 12.7 Å². The molecule has 0 bridgehead atoms. The summed E-state index contributed by atoms with van der Waals surface area (Å²) < 4.78 is 5.45. The highest BCUT2D eigenvalue weighted by molar-refractivity contribution is 5.35. The van der Waals surface area contributed by atoms with Gasteiger partial charge in [0.25, 0.3) is 0 Å². The van der Waals surface area contributed by atoms with E-state index in [9.17, 15) is 0 Å². The zero-order valence-corrected chi connectivity index (χ0v) is 8.36. The third-order valence-corrected chi connectivity index (χ3v) is 2.29. The minimum atomic E-state index is 0.399. The lowest BCUT2D eigenvalue weighted by molar-refractivity contribution is 0.127. The molecule has 0 aromatic heterocycles. The lowest BCUT2D eigenvalue weighted by Gasteiger charge is -1.93. The first kappa shape index (κ1) is 9.30. The SMILES string of the molecule is CCO[C@@H]1C[C@H]1C#Cc1ccccc1. The van der Waals surface area contributed by atoms with E-state index >= 15 is 0 Å². The Morgan fingerprint density at radius 1 is 1.36 bits per heavy atom. The smallest absolute Gasteiger partial charge is 0.0726 e. The summed E-state index contributed by atoms with van der Waals surface area (Å²) in [6.07, 6.45) is 1.50. The van der Waals surface area contributed by atoms with E-state index in [2.05, 4.69) is 11.8 Å². The summed E-state index contributed by atoms with van der Waals surface area (Å²) >= 11 is 0. The van der Waals surface area contributed by atoms with E-state index in [4.69, 9.17) is 4.74 Å². The summed E-state index contributed by atoms with van der Waals surface area (Å²) in [5.41, 5.74) is 1.09. The molecule has 0 unspecified atom stereocenters. The predicted octanol–water partition coefficient (Wildman–Crippen LogP) is 2.46. The van der Waals surface area contributed by atoms with Crippen LogP contribution in [0.15, 0.2) is 30.3 Å². The Balaban J connectivity index is 1.90. The van der Waals surface area contributed by atoms with Crippen LogP contribution < -0.4 is 0 Å². The summed E-state index contributed by atoms with van der Waals surface area (Å²) in [5, 5.41) is 0. The van der Waals surface area contributed by atoms with Gasteiger partial charge in [-0.2, -0.15) is 0 Å². The molecule has 72 valence electrons. The maximum Gasteiger partial charge on any atom is 0.0726 e. The summed E-state index contributed by atoms with van der Waals surface area (Å²) in [4.78, 5) is 0. The van der Waals surface area contributed by atoms with E-state index in [1.54, 1.807) is 0 Å². The van der Waals surface area contributed by atoms with E-state index in [1.165, 1.54) is 0 Å². The van der Waals surface area contributed by atoms with E-state index in [-0.39, 0.29) is 0 Å². The second-order valence-electron chi connectivity index (χ2n) is 3.47. The molecule has 1 aliphatic carbocycles. The van der Waals surface area contributed by atoms with Crippen molar-refractivity contribution in [2.75, 3.05) is 6.61 Å². The van der Waals surface area contributed by atoms with E-state index in [0.29, 0.717) is 12.0 Å². The van der Waals surface area contributed by atoms with Gasteiger partial charge in [0, 0.05) is 18.1 Å². The maximum absolute atomic E-state index is 5.45. The van der Waals surface area contributed by atoms with Crippen molar-refractivity contribution in [3.63, 3.8) is 0 Å². The number of hydrogen-bond donors (Lipinski definition) is 0. The Labute approximate surface area is 85.1 Å². The van der Waals surface area contributed by atoms with Gasteiger partial charge in [0.1, 0.15) is 0 Å². The molecular weight excluding hydrogens is 172 g/mol. The Morgan fingerprint density at radius 2 is 2.14 bits per heavy atom. The second-order valence-corrected chi connectivity index (χ2v) is 3.47. The molecule has 0 spiro atoms. The number of ether oxygens (including phenoxy) is 1. The molecule has 1 nitrogen and oxygen atoms in total. The molecule has 1 aliphatic rings. The Kier molecular flexibility index (Phi) is 2.86. The van der Waals surface area contributed by atoms with Gasteiger partial charge in [0.2, 0.25) is 0 Å². The van der Waals surface area contributed by atoms with Gasteiger partial charge in [-0.3, -0.25) is 0 Å². The van der Waals surface area contributed by atoms with Crippen molar-refractivity contribution < 1.29 is 4.74 Å². The first-order valence-corrected chi connectivity index (χ1v) is 5.08. The zero-order valence-electron chi connectivity index (χ0n) is 8.36. The van der Waals surface area contributed by atoms with Crippen molar-refractivity contribution in [3.8, 4) is 11.8 Å². The molecule has 2 rings (SSSR count). The summed E-state index contributed by atoms with van der Waals surface area (Å²) in [5.74, 6) is 6.87. The van der Waals surface area contributed by atoms with Crippen LogP contribution in [0.1, 0.15) is 18.9 Å². The van der Waals surface area contributed by atoms with Crippen molar-refractivity contribution in [1.29, 1.82) is 0 Å². The highest BCUT2D eigenvalue weighted by Gasteiger charge is 2.36. The van der Waals surface area contributed by atoms with Crippen LogP contribution >= 0.6 is 0 Å². The molecule has 0 amide bonds. The van der Waals surface area contributed by atoms with Crippen LogP contribution in [0.25, 0.3) is 0 Å². The molecule has 1 heteroatoms. The molecule has 0 saturated heterocycles. The van der Waals surface area contributed by atoms with Crippen LogP contribution in [0.5, 0.6) is 0 Å². The van der Waals surface area contributed by atoms with Gasteiger partial charge in [-0.1, -0.05) is 30.0 Å². The fraction of sp³-hybridized carbons (Fsp3) is 0.385. The molecule has 2 atom stereocenters. The molecule has 0 radical (unpaired) electrons. The molecule has 14 heavy (non-hydrogen) atoms. The average Bonchev–Trinajstić information content (AvgIpc) is 2.96. The Hall–Kier alpha value is -1.26. The van der Waals surface area contributed by atoms with E-state index in [0.717, 1.165) is 18.6 Å². The quantitative estimate of drug-likeness (QED) is 0.645. The summed E-state index contributed by atoms with van der Waals surface area (Å²) in [6, 6.07) is 10.1. The maximum atomic E-state index is 5.45. The van der Waals surface area contributed by atoms with Gasteiger partial charge in [-0.05, 0) is 25.5 Å². The molecule has 1 saturated carbocycles. The molecule has 1 fully saturated rings. The highest BCUT2D eigenvalue weighted by atomic mass is 16.5. The Bertz CT molecular complexity index is 344. The second kappa shape index (κ2) is 4.30. The molecular formula is C13H14O. The van der Waals surface area contributed by atoms with Crippen LogP contribution in [0.3, 0.4) is 0 Å².